The van der Waals surface area contributed by atoms with Gasteiger partial charge in [0, 0.05) is 36.3 Å². The number of carboxylic acid groups (broad SMARTS) is 1. The monoisotopic (exact) mass is 472 g/mol. The Morgan fingerprint density at radius 3 is 2.62 bits per heavy atom. The van der Waals surface area contributed by atoms with E-state index in [-0.39, 0.29) is 11.5 Å². The number of nitrogens with two attached hydrogens (primary N) is 1. The van der Waals surface area contributed by atoms with Crippen LogP contribution in [-0.2, 0) is 16.7 Å². The van der Waals surface area contributed by atoms with Crippen molar-refractivity contribution in [2.45, 2.75) is 30.9 Å². The molecule has 1 saturated carbocycles. The third-order valence-electron chi connectivity index (χ3n) is 6.77. The number of hydrogen-bond acceptors (Lipinski definition) is 7. The smallest absolute Gasteiger partial charge is 0.450 e. The second-order valence-electron chi connectivity index (χ2n) is 9.11. The van der Waals surface area contributed by atoms with Crippen molar-refractivity contribution >= 4 is 33.5 Å². The maximum Gasteiger partial charge on any atom is 0.506 e. The topological polar surface area (TPSA) is 102 Å². The lowest BCUT2D eigenvalue weighted by Crippen LogP contribution is -2.52. The minimum absolute atomic E-state index is 0.0334. The Morgan fingerprint density at radius 2 is 1.91 bits per heavy atom. The molecule has 2 aromatic heterocycles. The normalized spacial score (nSPS) is 17.4. The van der Waals surface area contributed by atoms with Crippen molar-refractivity contribution in [1.29, 1.82) is 0 Å². The molecular formula is C26H24N4O3S. The number of hydrogen-bond donors (Lipinski definition) is 2. The molecule has 2 fully saturated rings. The van der Waals surface area contributed by atoms with E-state index in [0.717, 1.165) is 45.0 Å². The van der Waals surface area contributed by atoms with E-state index in [4.69, 9.17) is 25.5 Å². The van der Waals surface area contributed by atoms with E-state index in [2.05, 4.69) is 53.4 Å². The zero-order valence-corrected chi connectivity index (χ0v) is 19.3. The summed E-state index contributed by atoms with van der Waals surface area (Å²) < 4.78 is 4.78. The summed E-state index contributed by atoms with van der Waals surface area (Å²) in [6.45, 7) is 1.91. The maximum atomic E-state index is 10.6. The Kier molecular flexibility index (Phi) is 5.00. The summed E-state index contributed by atoms with van der Waals surface area (Å²) in [4.78, 5) is 23.5. The minimum Gasteiger partial charge on any atom is -0.450 e. The van der Waals surface area contributed by atoms with Crippen molar-refractivity contribution < 1.29 is 14.6 Å². The van der Waals surface area contributed by atoms with Gasteiger partial charge in [-0.05, 0) is 48.2 Å². The summed E-state index contributed by atoms with van der Waals surface area (Å²) in [6.07, 6.45) is 0.778. The van der Waals surface area contributed by atoms with Crippen molar-refractivity contribution in [3.05, 3.63) is 77.5 Å². The summed E-state index contributed by atoms with van der Waals surface area (Å²) >= 11 is 1.57. The van der Waals surface area contributed by atoms with Gasteiger partial charge in [0.25, 0.3) is 0 Å². The van der Waals surface area contributed by atoms with Crippen molar-refractivity contribution in [2.24, 2.45) is 0 Å². The lowest BCUT2D eigenvalue weighted by molar-refractivity contribution is -0.0363. The van der Waals surface area contributed by atoms with Gasteiger partial charge in [-0.15, -0.1) is 0 Å². The molecule has 0 atom stereocenters. The SMILES string of the molecule is Nc1cc(CN2CC(OC(=O)O)C2)ccc1-c1nc2ccc(C3(c4ccccc4)CC3)nc2s1. The van der Waals surface area contributed by atoms with E-state index in [1.54, 1.807) is 11.3 Å². The van der Waals surface area contributed by atoms with Crippen molar-refractivity contribution in [1.82, 2.24) is 14.9 Å². The summed E-state index contributed by atoms with van der Waals surface area (Å²) in [5, 5.41) is 9.56. The second-order valence-corrected chi connectivity index (χ2v) is 10.1. The van der Waals surface area contributed by atoms with Crippen molar-refractivity contribution in [2.75, 3.05) is 18.8 Å². The fourth-order valence-electron chi connectivity index (χ4n) is 4.81. The Hall–Kier alpha value is -3.49. The van der Waals surface area contributed by atoms with Gasteiger partial charge in [-0.25, -0.2) is 14.8 Å². The molecule has 4 aromatic rings. The number of anilines is 1. The number of thiazole rings is 1. The molecule has 0 spiro atoms. The summed E-state index contributed by atoms with van der Waals surface area (Å²) in [6, 6.07) is 20.9. The Balaban J connectivity index is 1.21. The number of rotatable bonds is 6. The highest BCUT2D eigenvalue weighted by atomic mass is 32.1. The first kappa shape index (κ1) is 21.1. The number of pyridine rings is 1. The van der Waals surface area contributed by atoms with Crippen LogP contribution in [0, 0.1) is 0 Å². The lowest BCUT2D eigenvalue weighted by atomic mass is 9.92. The highest BCUT2D eigenvalue weighted by molar-refractivity contribution is 7.21. The van der Waals surface area contributed by atoms with Crippen LogP contribution in [0.5, 0.6) is 0 Å². The van der Waals surface area contributed by atoms with Crippen LogP contribution in [-0.4, -0.2) is 45.3 Å². The van der Waals surface area contributed by atoms with E-state index in [9.17, 15) is 4.79 Å². The molecule has 0 radical (unpaired) electrons. The number of nitrogen functional groups attached to an aromatic ring is 1. The Labute approximate surface area is 200 Å². The van der Waals surface area contributed by atoms with Gasteiger partial charge in [-0.2, -0.15) is 0 Å². The molecule has 8 heteroatoms. The fraction of sp³-hybridized carbons (Fsp3) is 0.269. The highest BCUT2D eigenvalue weighted by Crippen LogP contribution is 2.53. The van der Waals surface area contributed by atoms with E-state index in [0.29, 0.717) is 25.3 Å². The first-order valence-corrected chi connectivity index (χ1v) is 12.2. The third-order valence-corrected chi connectivity index (χ3v) is 7.76. The van der Waals surface area contributed by atoms with Crippen LogP contribution in [0.1, 0.15) is 29.7 Å². The first-order valence-electron chi connectivity index (χ1n) is 11.3. The molecular weight excluding hydrogens is 448 g/mol. The van der Waals surface area contributed by atoms with Crippen LogP contribution in [0.3, 0.4) is 0 Å². The van der Waals surface area contributed by atoms with Gasteiger partial charge in [0.05, 0.1) is 5.69 Å². The first-order chi connectivity index (χ1) is 16.5. The molecule has 34 heavy (non-hydrogen) atoms. The zero-order valence-electron chi connectivity index (χ0n) is 18.5. The molecule has 172 valence electrons. The molecule has 1 aliphatic heterocycles. The predicted molar refractivity (Wildman–Crippen MR) is 132 cm³/mol. The number of ether oxygens (including phenoxy) is 1. The predicted octanol–water partition coefficient (Wildman–Crippen LogP) is 4.90. The summed E-state index contributed by atoms with van der Waals surface area (Å²) in [7, 11) is 0. The van der Waals surface area contributed by atoms with Gasteiger partial charge in [-0.3, -0.25) is 4.90 Å². The van der Waals surface area contributed by atoms with Crippen LogP contribution in [0.2, 0.25) is 0 Å². The van der Waals surface area contributed by atoms with E-state index < -0.39 is 6.16 Å². The van der Waals surface area contributed by atoms with Crippen molar-refractivity contribution in [3.8, 4) is 10.6 Å². The Bertz CT molecular complexity index is 1380. The molecule has 1 saturated heterocycles. The largest absolute Gasteiger partial charge is 0.506 e. The molecule has 0 amide bonds. The third kappa shape index (κ3) is 3.78. The van der Waals surface area contributed by atoms with Crippen molar-refractivity contribution in [3.63, 3.8) is 0 Å². The minimum atomic E-state index is -1.22. The average molecular weight is 473 g/mol. The quantitative estimate of drug-likeness (QED) is 0.304. The van der Waals surface area contributed by atoms with Crippen LogP contribution < -0.4 is 5.73 Å². The molecule has 3 heterocycles. The Morgan fingerprint density at radius 1 is 1.12 bits per heavy atom. The standard InChI is InChI=1S/C26H24N4O3S/c27-20-12-16(13-30-14-18(15-30)33-25(31)32)6-7-19(20)23-28-21-8-9-22(29-24(21)34-23)26(10-11-26)17-4-2-1-3-5-17/h1-9,12,18H,10-11,13-15,27H2,(H,31,32). The van der Waals surface area contributed by atoms with Gasteiger partial charge >= 0.3 is 6.16 Å². The van der Waals surface area contributed by atoms with Crippen LogP contribution >= 0.6 is 11.3 Å². The molecule has 3 N–H and O–H groups in total. The van der Waals surface area contributed by atoms with Crippen LogP contribution in [0.15, 0.2) is 60.7 Å². The van der Waals surface area contributed by atoms with Gasteiger partial charge in [0.1, 0.15) is 21.5 Å². The van der Waals surface area contributed by atoms with Gasteiger partial charge in [-0.1, -0.05) is 47.7 Å². The highest BCUT2D eigenvalue weighted by Gasteiger charge is 2.47. The number of aromatic nitrogens is 2. The number of fused-ring (bicyclic) bond motifs is 1. The van der Waals surface area contributed by atoms with Crippen LogP contribution in [0.25, 0.3) is 20.9 Å². The fourth-order valence-corrected chi connectivity index (χ4v) is 5.79. The molecule has 2 aromatic carbocycles. The van der Waals surface area contributed by atoms with E-state index in [1.807, 2.05) is 12.1 Å². The number of nitrogens with zero attached hydrogens (tertiary/aromatic N) is 3. The molecule has 0 bridgehead atoms. The molecule has 1 aliphatic carbocycles. The van der Waals surface area contributed by atoms with Gasteiger partial charge in [0.15, 0.2) is 0 Å². The number of carbonyl (C=O) groups is 1. The molecule has 0 unspecified atom stereocenters. The zero-order chi connectivity index (χ0) is 23.3. The maximum absolute atomic E-state index is 10.6. The summed E-state index contributed by atoms with van der Waals surface area (Å²) in [5.41, 5.74) is 12.4. The lowest BCUT2D eigenvalue weighted by Gasteiger charge is -2.37. The van der Waals surface area contributed by atoms with E-state index >= 15 is 0 Å². The number of likely N-dealkylation sites (tertiary alicyclic amines) is 1. The summed E-state index contributed by atoms with van der Waals surface area (Å²) in [5.74, 6) is 0. The van der Waals surface area contributed by atoms with Crippen LogP contribution in [0.4, 0.5) is 10.5 Å². The molecule has 2 aliphatic rings. The van der Waals surface area contributed by atoms with Gasteiger partial charge < -0.3 is 15.6 Å². The average Bonchev–Trinajstić information content (AvgIpc) is 3.51. The van der Waals surface area contributed by atoms with E-state index in [1.165, 1.54) is 5.56 Å². The second kappa shape index (κ2) is 8.07. The number of benzene rings is 2. The molecule has 6 rings (SSSR count). The van der Waals surface area contributed by atoms with Gasteiger partial charge in [0.2, 0.25) is 0 Å². The molecule has 7 nitrogen and oxygen atoms in total.